The molecule has 0 saturated heterocycles. The van der Waals surface area contributed by atoms with Crippen LogP contribution in [0.15, 0.2) is 30.3 Å². The van der Waals surface area contributed by atoms with Crippen molar-refractivity contribution in [1.82, 2.24) is 10.6 Å². The van der Waals surface area contributed by atoms with Crippen molar-refractivity contribution in [2.24, 2.45) is 0 Å². The van der Waals surface area contributed by atoms with E-state index in [9.17, 15) is 14.7 Å². The zero-order valence-electron chi connectivity index (χ0n) is 21.7. The van der Waals surface area contributed by atoms with E-state index in [0.29, 0.717) is 12.8 Å². The Morgan fingerprint density at radius 3 is 2.03 bits per heavy atom. The quantitative estimate of drug-likeness (QED) is 0.0763. The predicted molar refractivity (Wildman–Crippen MR) is 147 cm³/mol. The molecule has 0 fully saturated rings. The average molecular weight is 509 g/mol. The molecule has 0 aliphatic rings. The summed E-state index contributed by atoms with van der Waals surface area (Å²) in [6.07, 6.45) is 17.0. The van der Waals surface area contributed by atoms with E-state index in [4.69, 9.17) is 4.74 Å². The molecule has 0 aliphatic carbocycles. The van der Waals surface area contributed by atoms with E-state index < -0.39 is 18.1 Å². The number of carboxylic acids is 1. The maximum absolute atomic E-state index is 11.9. The Labute approximate surface area is 218 Å². The van der Waals surface area contributed by atoms with Crippen LogP contribution in [0.25, 0.3) is 0 Å². The van der Waals surface area contributed by atoms with Gasteiger partial charge in [0.25, 0.3) is 0 Å². The Morgan fingerprint density at radius 1 is 0.857 bits per heavy atom. The lowest BCUT2D eigenvalue weighted by Crippen LogP contribution is -2.41. The minimum Gasteiger partial charge on any atom is -0.480 e. The summed E-state index contributed by atoms with van der Waals surface area (Å²) >= 11 is 4.62. The second-order valence-electron chi connectivity index (χ2n) is 9.39. The maximum Gasteiger partial charge on any atom is 0.408 e. The smallest absolute Gasteiger partial charge is 0.408 e. The van der Waals surface area contributed by atoms with Crippen LogP contribution >= 0.6 is 12.6 Å². The highest BCUT2D eigenvalue weighted by molar-refractivity contribution is 7.80. The Bertz CT molecular complexity index is 660. The van der Waals surface area contributed by atoms with Gasteiger partial charge in [0, 0.05) is 0 Å². The number of rotatable bonds is 22. The molecular weight excluding hydrogens is 460 g/mol. The zero-order valence-corrected chi connectivity index (χ0v) is 22.6. The molecule has 0 aromatic heterocycles. The molecular formula is C28H48N2O4S. The topological polar surface area (TPSA) is 87.7 Å². The standard InChI is InChI=1S/C28H48N2O4S/c1-2-3-4-5-6-7-8-9-10-11-15-21-26(35)29-22-17-16-20-25(27(31)32)30-28(33)34-23-24-18-13-12-14-19-24/h12-14,18-19,25-26,29,35H,2-11,15-17,20-23H2,1H3,(H,30,33)(H,31,32)/t25-,26?/m0/s1. The summed E-state index contributed by atoms with van der Waals surface area (Å²) in [4.78, 5) is 23.4. The summed E-state index contributed by atoms with van der Waals surface area (Å²) < 4.78 is 5.12. The van der Waals surface area contributed by atoms with Gasteiger partial charge in [-0.05, 0) is 37.8 Å². The van der Waals surface area contributed by atoms with Crippen LogP contribution in [0.3, 0.4) is 0 Å². The molecule has 1 amide bonds. The predicted octanol–water partition coefficient (Wildman–Crippen LogP) is 7.08. The molecule has 2 atom stereocenters. The van der Waals surface area contributed by atoms with Gasteiger partial charge in [-0.3, -0.25) is 0 Å². The van der Waals surface area contributed by atoms with Crippen molar-refractivity contribution in [3.05, 3.63) is 35.9 Å². The number of aliphatic carboxylic acids is 1. The molecule has 1 aromatic carbocycles. The number of carbonyl (C=O) groups excluding carboxylic acids is 1. The summed E-state index contributed by atoms with van der Waals surface area (Å²) in [6.45, 7) is 3.17. The molecule has 1 aromatic rings. The highest BCUT2D eigenvalue weighted by Crippen LogP contribution is 2.13. The van der Waals surface area contributed by atoms with Crippen LogP contribution in [-0.2, 0) is 16.1 Å². The van der Waals surface area contributed by atoms with Gasteiger partial charge in [0.05, 0.1) is 5.37 Å². The number of nitrogens with one attached hydrogen (secondary N) is 2. The van der Waals surface area contributed by atoms with Crippen molar-refractivity contribution in [1.29, 1.82) is 0 Å². The molecule has 200 valence electrons. The van der Waals surface area contributed by atoms with Crippen molar-refractivity contribution >= 4 is 24.7 Å². The average Bonchev–Trinajstić information content (AvgIpc) is 2.85. The number of alkyl carbamates (subject to hydrolysis) is 1. The van der Waals surface area contributed by atoms with E-state index in [-0.39, 0.29) is 12.0 Å². The number of hydrogen-bond acceptors (Lipinski definition) is 5. The number of amides is 1. The molecule has 35 heavy (non-hydrogen) atoms. The van der Waals surface area contributed by atoms with Crippen LogP contribution in [0.5, 0.6) is 0 Å². The van der Waals surface area contributed by atoms with E-state index in [1.54, 1.807) is 0 Å². The second-order valence-corrected chi connectivity index (χ2v) is 10.0. The lowest BCUT2D eigenvalue weighted by molar-refractivity contribution is -0.139. The molecule has 0 aliphatic heterocycles. The number of thiol groups is 1. The molecule has 0 bridgehead atoms. The first kappa shape index (κ1) is 31.3. The SMILES string of the molecule is CCCCCCCCCCCCCC(S)NCCCC[C@H](NC(=O)OCc1ccccc1)C(=O)O. The molecule has 1 unspecified atom stereocenters. The number of unbranched alkanes of at least 4 members (excludes halogenated alkanes) is 11. The van der Waals surface area contributed by atoms with Gasteiger partial charge in [-0.25, -0.2) is 9.59 Å². The van der Waals surface area contributed by atoms with Gasteiger partial charge in [0.15, 0.2) is 0 Å². The van der Waals surface area contributed by atoms with E-state index >= 15 is 0 Å². The molecule has 1 rings (SSSR count). The minimum absolute atomic E-state index is 0.116. The monoisotopic (exact) mass is 508 g/mol. The van der Waals surface area contributed by atoms with Gasteiger partial charge in [-0.15, -0.1) is 0 Å². The summed E-state index contributed by atoms with van der Waals surface area (Å²) in [7, 11) is 0. The number of carbonyl (C=O) groups is 2. The van der Waals surface area contributed by atoms with E-state index in [0.717, 1.165) is 24.9 Å². The Hall–Kier alpha value is -1.73. The largest absolute Gasteiger partial charge is 0.480 e. The first-order valence-electron chi connectivity index (χ1n) is 13.6. The summed E-state index contributed by atoms with van der Waals surface area (Å²) in [5, 5.41) is 15.4. The lowest BCUT2D eigenvalue weighted by atomic mass is 10.1. The molecule has 3 N–H and O–H groups in total. The Morgan fingerprint density at radius 2 is 1.43 bits per heavy atom. The molecule has 0 saturated carbocycles. The lowest BCUT2D eigenvalue weighted by Gasteiger charge is -2.16. The van der Waals surface area contributed by atoms with Gasteiger partial charge in [0.2, 0.25) is 0 Å². The third-order valence-electron chi connectivity index (χ3n) is 6.18. The third kappa shape index (κ3) is 18.2. The minimum atomic E-state index is -1.04. The second kappa shape index (κ2) is 21.5. The fourth-order valence-corrected chi connectivity index (χ4v) is 4.32. The summed E-state index contributed by atoms with van der Waals surface area (Å²) in [5.74, 6) is -1.04. The van der Waals surface area contributed by atoms with E-state index in [1.165, 1.54) is 70.6 Å². The summed E-state index contributed by atoms with van der Waals surface area (Å²) in [5.41, 5.74) is 0.857. The van der Waals surface area contributed by atoms with Crippen LogP contribution in [-0.4, -0.2) is 35.1 Å². The number of ether oxygens (including phenoxy) is 1. The normalized spacial score (nSPS) is 12.7. The highest BCUT2D eigenvalue weighted by atomic mass is 32.1. The van der Waals surface area contributed by atoms with Gasteiger partial charge in [-0.1, -0.05) is 108 Å². The van der Waals surface area contributed by atoms with E-state index in [2.05, 4.69) is 30.2 Å². The summed E-state index contributed by atoms with van der Waals surface area (Å²) in [6, 6.07) is 8.35. The highest BCUT2D eigenvalue weighted by Gasteiger charge is 2.20. The Balaban J connectivity index is 2.00. The molecule has 7 heteroatoms. The maximum atomic E-state index is 11.9. The van der Waals surface area contributed by atoms with Gasteiger partial charge >= 0.3 is 12.1 Å². The van der Waals surface area contributed by atoms with Gasteiger partial charge in [-0.2, -0.15) is 12.6 Å². The number of carboxylic acid groups (broad SMARTS) is 1. The molecule has 6 nitrogen and oxygen atoms in total. The fourth-order valence-electron chi connectivity index (χ4n) is 4.01. The van der Waals surface area contributed by atoms with Crippen molar-refractivity contribution in [3.8, 4) is 0 Å². The molecule has 0 spiro atoms. The Kier molecular flexibility index (Phi) is 19.3. The fraction of sp³-hybridized carbons (Fsp3) is 0.714. The van der Waals surface area contributed by atoms with Crippen LogP contribution < -0.4 is 10.6 Å². The zero-order chi connectivity index (χ0) is 25.6. The van der Waals surface area contributed by atoms with Crippen molar-refractivity contribution in [2.75, 3.05) is 6.54 Å². The third-order valence-corrected chi connectivity index (χ3v) is 6.62. The number of benzene rings is 1. The van der Waals surface area contributed by atoms with Crippen molar-refractivity contribution < 1.29 is 19.4 Å². The number of hydrogen-bond donors (Lipinski definition) is 4. The first-order chi connectivity index (χ1) is 17.0. The van der Waals surface area contributed by atoms with Gasteiger partial charge < -0.3 is 20.5 Å². The van der Waals surface area contributed by atoms with Crippen LogP contribution in [0.2, 0.25) is 0 Å². The molecule has 0 heterocycles. The van der Waals surface area contributed by atoms with Crippen LogP contribution in [0, 0.1) is 0 Å². The van der Waals surface area contributed by atoms with E-state index in [1.807, 2.05) is 30.3 Å². The molecule has 0 radical (unpaired) electrons. The van der Waals surface area contributed by atoms with Crippen LogP contribution in [0.4, 0.5) is 4.79 Å². The van der Waals surface area contributed by atoms with Crippen molar-refractivity contribution in [2.45, 2.75) is 121 Å². The first-order valence-corrected chi connectivity index (χ1v) is 14.2. The van der Waals surface area contributed by atoms with Crippen LogP contribution in [0.1, 0.15) is 109 Å². The van der Waals surface area contributed by atoms with Crippen molar-refractivity contribution in [3.63, 3.8) is 0 Å². The van der Waals surface area contributed by atoms with Gasteiger partial charge in [0.1, 0.15) is 12.6 Å².